The Kier molecular flexibility index (Phi) is 4.86. The number of aryl methyl sites for hydroxylation is 1. The fourth-order valence-corrected chi connectivity index (χ4v) is 3.59. The zero-order valence-electron chi connectivity index (χ0n) is 15.0. The predicted molar refractivity (Wildman–Crippen MR) is 103 cm³/mol. The highest BCUT2D eigenvalue weighted by molar-refractivity contribution is 5.33. The molecule has 6 heteroatoms. The van der Waals surface area contributed by atoms with Crippen LogP contribution in [0, 0.1) is 11.3 Å². The van der Waals surface area contributed by atoms with Crippen LogP contribution >= 0.6 is 0 Å². The zero-order chi connectivity index (χ0) is 18.6. The molecule has 0 amide bonds. The molecular weight excluding hydrogens is 338 g/mol. The van der Waals surface area contributed by atoms with Crippen molar-refractivity contribution in [2.45, 2.75) is 31.7 Å². The number of pyridine rings is 1. The van der Waals surface area contributed by atoms with E-state index in [0.717, 1.165) is 43.5 Å². The lowest BCUT2D eigenvalue weighted by Gasteiger charge is -2.22. The number of aromatic amines is 1. The Morgan fingerprint density at radius 2 is 2.11 bits per heavy atom. The maximum Gasteiger partial charge on any atom is 0.276 e. The van der Waals surface area contributed by atoms with Crippen LogP contribution in [0.5, 0.6) is 0 Å². The first kappa shape index (κ1) is 17.3. The molecule has 4 rings (SSSR count). The number of fused-ring (bicyclic) bond motifs is 1. The quantitative estimate of drug-likeness (QED) is 0.731. The largest absolute Gasteiger partial charge is 0.313 e. The third-order valence-corrected chi connectivity index (χ3v) is 5.06. The number of nitrogens with zero attached hydrogens (tertiary/aromatic N) is 3. The molecule has 0 spiro atoms. The van der Waals surface area contributed by atoms with Crippen LogP contribution in [-0.4, -0.2) is 27.4 Å². The van der Waals surface area contributed by atoms with Crippen molar-refractivity contribution in [2.75, 3.05) is 6.54 Å². The lowest BCUT2D eigenvalue weighted by Crippen LogP contribution is -2.37. The number of nitriles is 1. The summed E-state index contributed by atoms with van der Waals surface area (Å²) in [5.41, 5.74) is 3.58. The lowest BCUT2D eigenvalue weighted by molar-refractivity contribution is 0.458. The highest BCUT2D eigenvalue weighted by Gasteiger charge is 2.24. The average Bonchev–Trinajstić information content (AvgIpc) is 3.05. The second kappa shape index (κ2) is 7.60. The van der Waals surface area contributed by atoms with Crippen LogP contribution in [0.1, 0.15) is 28.8 Å². The summed E-state index contributed by atoms with van der Waals surface area (Å²) in [4.78, 5) is 17.0. The molecule has 2 heterocycles. The fourth-order valence-electron chi connectivity index (χ4n) is 3.59. The third kappa shape index (κ3) is 3.69. The van der Waals surface area contributed by atoms with Gasteiger partial charge in [-0.3, -0.25) is 9.89 Å². The molecule has 6 nitrogen and oxygen atoms in total. The van der Waals surface area contributed by atoms with Gasteiger partial charge in [0.05, 0.1) is 5.56 Å². The summed E-state index contributed by atoms with van der Waals surface area (Å²) in [7, 11) is 0. The highest BCUT2D eigenvalue weighted by Crippen LogP contribution is 2.18. The minimum atomic E-state index is -0.0447. The Morgan fingerprint density at radius 3 is 2.85 bits per heavy atom. The number of H-pyrrole nitrogens is 1. The monoisotopic (exact) mass is 359 g/mol. The second-order valence-electron chi connectivity index (χ2n) is 6.86. The van der Waals surface area contributed by atoms with Gasteiger partial charge in [-0.25, -0.2) is 9.67 Å². The standard InChI is InChI=1S/C21H21N5O/c22-13-16-6-9-20(24-14-16)26-21(27)18-12-17(7-8-19(18)25-26)23-11-10-15-4-2-1-3-5-15/h1-6,9,14,17,23,25H,7-8,10-12H2. The number of aromatic nitrogens is 3. The summed E-state index contributed by atoms with van der Waals surface area (Å²) in [5, 5.41) is 15.7. The van der Waals surface area contributed by atoms with Gasteiger partial charge in [0.15, 0.2) is 5.82 Å². The minimum Gasteiger partial charge on any atom is -0.313 e. The summed E-state index contributed by atoms with van der Waals surface area (Å²) in [6.45, 7) is 0.903. The molecule has 0 saturated carbocycles. The Balaban J connectivity index is 1.44. The van der Waals surface area contributed by atoms with Crippen LogP contribution in [0.25, 0.3) is 5.82 Å². The van der Waals surface area contributed by atoms with Crippen molar-refractivity contribution >= 4 is 0 Å². The van der Waals surface area contributed by atoms with Gasteiger partial charge >= 0.3 is 0 Å². The van der Waals surface area contributed by atoms with E-state index in [1.807, 2.05) is 12.1 Å². The Morgan fingerprint density at radius 1 is 1.26 bits per heavy atom. The van der Waals surface area contributed by atoms with Crippen molar-refractivity contribution in [1.29, 1.82) is 5.26 Å². The Hall–Kier alpha value is -3.17. The first-order valence-electron chi connectivity index (χ1n) is 9.21. The first-order valence-corrected chi connectivity index (χ1v) is 9.21. The van der Waals surface area contributed by atoms with Crippen LogP contribution in [-0.2, 0) is 19.3 Å². The van der Waals surface area contributed by atoms with Gasteiger partial charge in [-0.15, -0.1) is 0 Å². The SMILES string of the molecule is N#Cc1ccc(-n2[nH]c3c(c2=O)CC(NCCc2ccccc2)CC3)nc1. The van der Waals surface area contributed by atoms with E-state index in [0.29, 0.717) is 17.4 Å². The molecule has 27 heavy (non-hydrogen) atoms. The minimum absolute atomic E-state index is 0.0447. The molecule has 0 radical (unpaired) electrons. The molecule has 0 aliphatic heterocycles. The molecule has 1 aliphatic rings. The normalized spacial score (nSPS) is 15.9. The van der Waals surface area contributed by atoms with Crippen LogP contribution in [0.15, 0.2) is 53.5 Å². The molecule has 0 fully saturated rings. The van der Waals surface area contributed by atoms with Crippen LogP contribution in [0.4, 0.5) is 0 Å². The van der Waals surface area contributed by atoms with Gasteiger partial charge in [0, 0.05) is 23.5 Å². The van der Waals surface area contributed by atoms with Gasteiger partial charge in [-0.2, -0.15) is 5.26 Å². The van der Waals surface area contributed by atoms with E-state index in [1.165, 1.54) is 16.4 Å². The number of nitrogens with one attached hydrogen (secondary N) is 2. The summed E-state index contributed by atoms with van der Waals surface area (Å²) in [6, 6.07) is 16.1. The van der Waals surface area contributed by atoms with Crippen LogP contribution in [0.3, 0.4) is 0 Å². The van der Waals surface area contributed by atoms with E-state index < -0.39 is 0 Å². The van der Waals surface area contributed by atoms with Crippen molar-refractivity contribution in [3.8, 4) is 11.9 Å². The maximum absolute atomic E-state index is 12.8. The Labute approximate surface area is 157 Å². The van der Waals surface area contributed by atoms with E-state index in [-0.39, 0.29) is 5.56 Å². The molecular formula is C21H21N5O. The molecule has 0 saturated heterocycles. The summed E-state index contributed by atoms with van der Waals surface area (Å²) < 4.78 is 1.48. The van der Waals surface area contributed by atoms with Gasteiger partial charge in [-0.1, -0.05) is 30.3 Å². The van der Waals surface area contributed by atoms with E-state index in [9.17, 15) is 4.79 Å². The number of benzene rings is 1. The third-order valence-electron chi connectivity index (χ3n) is 5.06. The molecule has 1 aromatic carbocycles. The van der Waals surface area contributed by atoms with Gasteiger partial charge in [0.25, 0.3) is 5.56 Å². The predicted octanol–water partition coefficient (Wildman–Crippen LogP) is 2.12. The van der Waals surface area contributed by atoms with E-state index in [1.54, 1.807) is 12.1 Å². The number of rotatable bonds is 5. The first-order chi connectivity index (χ1) is 13.2. The highest BCUT2D eigenvalue weighted by atomic mass is 16.1. The number of hydrogen-bond donors (Lipinski definition) is 2. The van der Waals surface area contributed by atoms with Crippen LogP contribution in [0.2, 0.25) is 0 Å². The second-order valence-corrected chi connectivity index (χ2v) is 6.86. The smallest absolute Gasteiger partial charge is 0.276 e. The summed E-state index contributed by atoms with van der Waals surface area (Å²) in [5.74, 6) is 0.516. The summed E-state index contributed by atoms with van der Waals surface area (Å²) >= 11 is 0. The molecule has 0 bridgehead atoms. The molecule has 2 aromatic heterocycles. The van der Waals surface area contributed by atoms with Crippen molar-refractivity contribution in [2.24, 2.45) is 0 Å². The van der Waals surface area contributed by atoms with Gasteiger partial charge in [0.2, 0.25) is 0 Å². The molecule has 1 aliphatic carbocycles. The topological polar surface area (TPSA) is 86.5 Å². The van der Waals surface area contributed by atoms with Crippen molar-refractivity contribution < 1.29 is 0 Å². The van der Waals surface area contributed by atoms with Crippen molar-refractivity contribution in [1.82, 2.24) is 20.1 Å². The van der Waals surface area contributed by atoms with E-state index in [4.69, 9.17) is 5.26 Å². The van der Waals surface area contributed by atoms with Crippen molar-refractivity contribution in [3.63, 3.8) is 0 Å². The number of hydrogen-bond acceptors (Lipinski definition) is 4. The van der Waals surface area contributed by atoms with E-state index >= 15 is 0 Å². The summed E-state index contributed by atoms with van der Waals surface area (Å²) in [6.07, 6.45) is 5.04. The molecule has 1 unspecified atom stereocenters. The molecule has 136 valence electrons. The zero-order valence-corrected chi connectivity index (χ0v) is 15.0. The van der Waals surface area contributed by atoms with Crippen molar-refractivity contribution in [3.05, 3.63) is 81.4 Å². The molecule has 2 N–H and O–H groups in total. The maximum atomic E-state index is 12.8. The van der Waals surface area contributed by atoms with Crippen LogP contribution < -0.4 is 10.9 Å². The van der Waals surface area contributed by atoms with Gasteiger partial charge in [-0.05, 0) is 49.9 Å². The molecule has 1 atom stereocenters. The Bertz CT molecular complexity index is 1010. The lowest BCUT2D eigenvalue weighted by atomic mass is 9.93. The average molecular weight is 359 g/mol. The molecule has 3 aromatic rings. The van der Waals surface area contributed by atoms with Gasteiger partial charge < -0.3 is 5.32 Å². The van der Waals surface area contributed by atoms with E-state index in [2.05, 4.69) is 39.7 Å². The van der Waals surface area contributed by atoms with Gasteiger partial charge in [0.1, 0.15) is 6.07 Å². The fraction of sp³-hybridized carbons (Fsp3) is 0.286.